The second-order valence-electron chi connectivity index (χ2n) is 5.22. The zero-order valence-electron chi connectivity index (χ0n) is 11.2. The van der Waals surface area contributed by atoms with E-state index in [9.17, 15) is 5.11 Å². The van der Waals surface area contributed by atoms with Gasteiger partial charge in [0.05, 0.1) is 17.5 Å². The number of hydrogen-bond acceptors (Lipinski definition) is 4. The van der Waals surface area contributed by atoms with Crippen molar-refractivity contribution in [2.45, 2.75) is 51.2 Å². The third-order valence-electron chi connectivity index (χ3n) is 3.98. The zero-order chi connectivity index (χ0) is 13.2. The van der Waals surface area contributed by atoms with E-state index in [0.29, 0.717) is 0 Å². The van der Waals surface area contributed by atoms with Crippen molar-refractivity contribution in [3.63, 3.8) is 0 Å². The summed E-state index contributed by atoms with van der Waals surface area (Å²) in [5, 5.41) is 14.5. The molecule has 0 radical (unpaired) electrons. The van der Waals surface area contributed by atoms with Crippen LogP contribution in [0.2, 0.25) is 0 Å². The van der Waals surface area contributed by atoms with E-state index in [0.717, 1.165) is 49.0 Å². The maximum Gasteiger partial charge on any atom is 0.143 e. The molecule has 0 aliphatic heterocycles. The molecule has 0 bridgehead atoms. The van der Waals surface area contributed by atoms with Crippen molar-refractivity contribution in [1.82, 2.24) is 15.0 Å². The number of aromatic nitrogens is 3. The molecule has 1 aliphatic carbocycles. The Labute approximate surface area is 112 Å². The fourth-order valence-electron chi connectivity index (χ4n) is 2.87. The van der Waals surface area contributed by atoms with E-state index in [1.807, 2.05) is 6.20 Å². The Kier molecular flexibility index (Phi) is 3.38. The smallest absolute Gasteiger partial charge is 0.143 e. The fraction of sp³-hybridized carbons (Fsp3) is 0.571. The Morgan fingerprint density at radius 1 is 1.37 bits per heavy atom. The second kappa shape index (κ2) is 5.17. The van der Waals surface area contributed by atoms with E-state index in [2.05, 4.69) is 27.2 Å². The van der Waals surface area contributed by atoms with Gasteiger partial charge in [0.1, 0.15) is 17.8 Å². The predicted octanol–water partition coefficient (Wildman–Crippen LogP) is 2.24. The number of anilines is 1. The summed E-state index contributed by atoms with van der Waals surface area (Å²) in [5.41, 5.74) is 2.07. The molecule has 19 heavy (non-hydrogen) atoms. The maximum atomic E-state index is 10.1. The average Bonchev–Trinajstić information content (AvgIpc) is 2.85. The van der Waals surface area contributed by atoms with Crippen LogP contribution >= 0.6 is 0 Å². The first kappa shape index (κ1) is 12.4. The lowest BCUT2D eigenvalue weighted by molar-refractivity contribution is 0.116. The molecule has 2 heterocycles. The highest BCUT2D eigenvalue weighted by molar-refractivity contribution is 5.90. The first-order chi connectivity index (χ1) is 9.29. The van der Waals surface area contributed by atoms with Crippen molar-refractivity contribution in [3.8, 4) is 0 Å². The molecule has 2 atom stereocenters. The van der Waals surface area contributed by atoms with Crippen molar-refractivity contribution < 1.29 is 5.11 Å². The Hall–Kier alpha value is -1.62. The summed E-state index contributed by atoms with van der Waals surface area (Å²) >= 11 is 0. The molecule has 3 rings (SSSR count). The molecule has 2 aromatic rings. The average molecular weight is 260 g/mol. The van der Waals surface area contributed by atoms with Gasteiger partial charge in [0, 0.05) is 6.20 Å². The number of aryl methyl sites for hydroxylation is 1. The molecule has 5 heteroatoms. The predicted molar refractivity (Wildman–Crippen MR) is 75.2 cm³/mol. The van der Waals surface area contributed by atoms with Crippen molar-refractivity contribution in [2.24, 2.45) is 0 Å². The van der Waals surface area contributed by atoms with E-state index in [1.165, 1.54) is 5.56 Å². The Morgan fingerprint density at radius 2 is 2.21 bits per heavy atom. The largest absolute Gasteiger partial charge is 0.391 e. The number of H-pyrrole nitrogens is 1. The summed E-state index contributed by atoms with van der Waals surface area (Å²) < 4.78 is 0. The van der Waals surface area contributed by atoms with E-state index in [4.69, 9.17) is 0 Å². The van der Waals surface area contributed by atoms with E-state index in [-0.39, 0.29) is 12.1 Å². The molecule has 5 nitrogen and oxygen atoms in total. The van der Waals surface area contributed by atoms with Gasteiger partial charge in [0.2, 0.25) is 0 Å². The monoisotopic (exact) mass is 260 g/mol. The molecule has 0 saturated heterocycles. The van der Waals surface area contributed by atoms with Gasteiger partial charge in [0.25, 0.3) is 0 Å². The lowest BCUT2D eigenvalue weighted by Crippen LogP contribution is -2.36. The number of nitrogens with one attached hydrogen (secondary N) is 2. The topological polar surface area (TPSA) is 73.8 Å². The standard InChI is InChI=1S/C14H20N4O/c1-2-9-7-15-13-12(9)14(17-8-16-13)18-10-5-3-4-6-11(10)19/h7-8,10-11,19H,2-6H2,1H3,(H2,15,16,17,18). The molecule has 1 saturated carbocycles. The van der Waals surface area contributed by atoms with Gasteiger partial charge in [-0.15, -0.1) is 0 Å². The summed E-state index contributed by atoms with van der Waals surface area (Å²) in [4.78, 5) is 11.8. The first-order valence-electron chi connectivity index (χ1n) is 7.05. The van der Waals surface area contributed by atoms with Gasteiger partial charge < -0.3 is 15.4 Å². The second-order valence-corrected chi connectivity index (χ2v) is 5.22. The molecule has 0 amide bonds. The van der Waals surface area contributed by atoms with Gasteiger partial charge in [-0.05, 0) is 24.8 Å². The van der Waals surface area contributed by atoms with Crippen molar-refractivity contribution in [1.29, 1.82) is 0 Å². The molecule has 3 N–H and O–H groups in total. The van der Waals surface area contributed by atoms with Gasteiger partial charge in [-0.2, -0.15) is 0 Å². The van der Waals surface area contributed by atoms with Gasteiger partial charge >= 0.3 is 0 Å². The van der Waals surface area contributed by atoms with Crippen LogP contribution in [0.5, 0.6) is 0 Å². The van der Waals surface area contributed by atoms with E-state index < -0.39 is 0 Å². The molecular weight excluding hydrogens is 240 g/mol. The van der Waals surface area contributed by atoms with Crippen LogP contribution in [0.15, 0.2) is 12.5 Å². The summed E-state index contributed by atoms with van der Waals surface area (Å²) in [6, 6.07) is 0.103. The summed E-state index contributed by atoms with van der Waals surface area (Å²) in [7, 11) is 0. The van der Waals surface area contributed by atoms with Crippen LogP contribution < -0.4 is 5.32 Å². The van der Waals surface area contributed by atoms with E-state index >= 15 is 0 Å². The molecular formula is C14H20N4O. The van der Waals surface area contributed by atoms with Crippen LogP contribution in [0, 0.1) is 0 Å². The van der Waals surface area contributed by atoms with Crippen LogP contribution in [0.25, 0.3) is 11.0 Å². The van der Waals surface area contributed by atoms with Crippen LogP contribution in [0.1, 0.15) is 38.2 Å². The van der Waals surface area contributed by atoms with Crippen molar-refractivity contribution in [3.05, 3.63) is 18.1 Å². The molecule has 2 unspecified atom stereocenters. The number of aromatic amines is 1. The lowest BCUT2D eigenvalue weighted by atomic mass is 9.92. The highest BCUT2D eigenvalue weighted by atomic mass is 16.3. The van der Waals surface area contributed by atoms with Crippen molar-refractivity contribution in [2.75, 3.05) is 5.32 Å². The SMILES string of the molecule is CCc1c[nH]c2ncnc(NC3CCCCC3O)c12. The first-order valence-corrected chi connectivity index (χ1v) is 7.05. The number of aliphatic hydroxyl groups is 1. The zero-order valence-corrected chi connectivity index (χ0v) is 11.2. The Balaban J connectivity index is 1.93. The van der Waals surface area contributed by atoms with Crippen LogP contribution in [-0.2, 0) is 6.42 Å². The molecule has 1 fully saturated rings. The molecule has 0 spiro atoms. The number of nitrogens with zero attached hydrogens (tertiary/aromatic N) is 2. The minimum Gasteiger partial charge on any atom is -0.391 e. The normalized spacial score (nSPS) is 23.7. The van der Waals surface area contributed by atoms with Crippen molar-refractivity contribution >= 4 is 16.9 Å². The summed E-state index contributed by atoms with van der Waals surface area (Å²) in [6.45, 7) is 2.12. The third kappa shape index (κ3) is 2.30. The van der Waals surface area contributed by atoms with Crippen LogP contribution in [-0.4, -0.2) is 32.2 Å². The number of fused-ring (bicyclic) bond motifs is 1. The van der Waals surface area contributed by atoms with Crippen LogP contribution in [0.4, 0.5) is 5.82 Å². The highest BCUT2D eigenvalue weighted by Crippen LogP contribution is 2.27. The lowest BCUT2D eigenvalue weighted by Gasteiger charge is -2.29. The van der Waals surface area contributed by atoms with Crippen LogP contribution in [0.3, 0.4) is 0 Å². The molecule has 1 aliphatic rings. The van der Waals surface area contributed by atoms with Gasteiger partial charge in [-0.25, -0.2) is 9.97 Å². The summed E-state index contributed by atoms with van der Waals surface area (Å²) in [6.07, 6.45) is 8.37. The van der Waals surface area contributed by atoms with E-state index in [1.54, 1.807) is 6.33 Å². The number of aliphatic hydroxyl groups excluding tert-OH is 1. The maximum absolute atomic E-state index is 10.1. The Morgan fingerprint density at radius 3 is 3.00 bits per heavy atom. The fourth-order valence-corrected chi connectivity index (χ4v) is 2.87. The Bertz CT molecular complexity index is 566. The number of rotatable bonds is 3. The molecule has 0 aromatic carbocycles. The summed E-state index contributed by atoms with van der Waals surface area (Å²) in [5.74, 6) is 0.842. The molecule has 2 aromatic heterocycles. The number of hydrogen-bond donors (Lipinski definition) is 3. The van der Waals surface area contributed by atoms with Gasteiger partial charge in [-0.3, -0.25) is 0 Å². The molecule has 102 valence electrons. The van der Waals surface area contributed by atoms with Gasteiger partial charge in [0.15, 0.2) is 0 Å². The van der Waals surface area contributed by atoms with Gasteiger partial charge in [-0.1, -0.05) is 19.8 Å². The minimum absolute atomic E-state index is 0.103. The quantitative estimate of drug-likeness (QED) is 0.791. The highest BCUT2D eigenvalue weighted by Gasteiger charge is 2.24. The third-order valence-corrected chi connectivity index (χ3v) is 3.98. The minimum atomic E-state index is -0.275.